The number of hydrogen-bond donors (Lipinski definition) is 4. The van der Waals surface area contributed by atoms with Gasteiger partial charge in [0.1, 0.15) is 31.0 Å². The maximum atomic E-state index is 12.8. The first kappa shape index (κ1) is 58.2. The molecule has 0 aromatic carbocycles. The van der Waals surface area contributed by atoms with E-state index in [-0.39, 0.29) is 26.1 Å². The topological polar surface area (TPSA) is 152 Å². The normalized spacial score (nSPS) is 20.1. The van der Waals surface area contributed by atoms with Gasteiger partial charge in [0.15, 0.2) is 12.4 Å². The molecule has 10 nitrogen and oxygen atoms in total. The molecule has 362 valence electrons. The molecular formula is C53H90O10. The molecule has 1 fully saturated rings. The highest BCUT2D eigenvalue weighted by Gasteiger charge is 2.44. The maximum absolute atomic E-state index is 12.8. The van der Waals surface area contributed by atoms with Crippen LogP contribution in [0.1, 0.15) is 194 Å². The molecule has 1 aliphatic rings. The summed E-state index contributed by atoms with van der Waals surface area (Å²) in [4.78, 5) is 25.4. The molecule has 0 amide bonds. The molecule has 10 heteroatoms. The van der Waals surface area contributed by atoms with E-state index in [1.54, 1.807) is 0 Å². The Labute approximate surface area is 383 Å². The standard InChI is InChI=1S/C53H90O10/c1-3-5-7-9-11-13-15-17-19-21-22-23-24-26-27-29-31-33-35-37-39-41-48(55)60-44-46(45-61-53-52(59)51(58)50(57)47(43-54)63-53)62-49(56)42-40-38-36-34-32-30-28-25-20-18-16-14-12-10-8-6-4-2/h6,8,12,14,18,20-22,28,30,34,36,46-47,50-54,57-59H,3-5,7,9-11,13,15-17,19,23-27,29,31-33,35,37-45H2,1-2H3/b8-6-,14-12-,20-18-,22-21-,30-28-,36-34-. The summed E-state index contributed by atoms with van der Waals surface area (Å²) in [6.45, 7) is 3.26. The molecule has 0 radical (unpaired) electrons. The Hall–Kier alpha value is -2.86. The lowest BCUT2D eigenvalue weighted by molar-refractivity contribution is -0.305. The van der Waals surface area contributed by atoms with Crippen molar-refractivity contribution in [1.82, 2.24) is 0 Å². The molecule has 1 saturated heterocycles. The lowest BCUT2D eigenvalue weighted by Gasteiger charge is -2.39. The summed E-state index contributed by atoms with van der Waals surface area (Å²) in [5.41, 5.74) is 0. The zero-order chi connectivity index (χ0) is 45.9. The number of rotatable bonds is 41. The first-order chi connectivity index (χ1) is 30.8. The van der Waals surface area contributed by atoms with E-state index in [1.165, 1.54) is 96.3 Å². The molecule has 63 heavy (non-hydrogen) atoms. The number of esters is 2. The monoisotopic (exact) mass is 887 g/mol. The summed E-state index contributed by atoms with van der Waals surface area (Å²) < 4.78 is 22.2. The van der Waals surface area contributed by atoms with E-state index in [0.29, 0.717) is 19.3 Å². The van der Waals surface area contributed by atoms with Crippen LogP contribution in [0.25, 0.3) is 0 Å². The Kier molecular flexibility index (Phi) is 39.7. The van der Waals surface area contributed by atoms with Crippen LogP contribution in [0, 0.1) is 0 Å². The van der Waals surface area contributed by atoms with E-state index in [1.807, 2.05) is 6.08 Å². The highest BCUT2D eigenvalue weighted by atomic mass is 16.7. The molecule has 1 heterocycles. The molecular weight excluding hydrogens is 797 g/mol. The third-order valence-corrected chi connectivity index (χ3v) is 11.1. The van der Waals surface area contributed by atoms with E-state index in [9.17, 15) is 30.0 Å². The third-order valence-electron chi connectivity index (χ3n) is 11.1. The van der Waals surface area contributed by atoms with Gasteiger partial charge in [-0.05, 0) is 77.0 Å². The van der Waals surface area contributed by atoms with E-state index < -0.39 is 55.4 Å². The average molecular weight is 887 g/mol. The second kappa shape index (κ2) is 43.1. The quantitative estimate of drug-likeness (QED) is 0.0265. The molecule has 1 rings (SSSR count). The van der Waals surface area contributed by atoms with E-state index >= 15 is 0 Å². The van der Waals surface area contributed by atoms with Crippen LogP contribution in [0.3, 0.4) is 0 Å². The summed E-state index contributed by atoms with van der Waals surface area (Å²) in [5.74, 6) is -0.879. The van der Waals surface area contributed by atoms with Gasteiger partial charge in [0.25, 0.3) is 0 Å². The molecule has 0 spiro atoms. The van der Waals surface area contributed by atoms with Crippen LogP contribution in [0.4, 0.5) is 0 Å². The van der Waals surface area contributed by atoms with Gasteiger partial charge >= 0.3 is 11.9 Å². The third kappa shape index (κ3) is 34.2. The molecule has 6 unspecified atom stereocenters. The lowest BCUT2D eigenvalue weighted by atomic mass is 9.99. The van der Waals surface area contributed by atoms with Crippen LogP contribution in [0.5, 0.6) is 0 Å². The molecule has 0 aromatic heterocycles. The Balaban J connectivity index is 2.31. The van der Waals surface area contributed by atoms with Crippen molar-refractivity contribution in [2.45, 2.75) is 230 Å². The van der Waals surface area contributed by atoms with E-state index in [0.717, 1.165) is 51.4 Å². The van der Waals surface area contributed by atoms with Gasteiger partial charge in [-0.2, -0.15) is 0 Å². The minimum atomic E-state index is -1.61. The van der Waals surface area contributed by atoms with Gasteiger partial charge in [-0.1, -0.05) is 177 Å². The maximum Gasteiger partial charge on any atom is 0.306 e. The van der Waals surface area contributed by atoms with Crippen LogP contribution in [0.2, 0.25) is 0 Å². The van der Waals surface area contributed by atoms with Crippen molar-refractivity contribution in [3.05, 3.63) is 72.9 Å². The molecule has 4 N–H and O–H groups in total. The second-order valence-electron chi connectivity index (χ2n) is 16.9. The number of hydrogen-bond acceptors (Lipinski definition) is 10. The number of aliphatic hydroxyl groups is 4. The van der Waals surface area contributed by atoms with Crippen molar-refractivity contribution in [3.8, 4) is 0 Å². The van der Waals surface area contributed by atoms with Gasteiger partial charge in [0, 0.05) is 12.8 Å². The predicted octanol–water partition coefficient (Wildman–Crippen LogP) is 11.6. The van der Waals surface area contributed by atoms with E-state index in [4.69, 9.17) is 18.9 Å². The van der Waals surface area contributed by atoms with Crippen molar-refractivity contribution in [2.24, 2.45) is 0 Å². The lowest BCUT2D eigenvalue weighted by Crippen LogP contribution is -2.59. The van der Waals surface area contributed by atoms with Crippen LogP contribution in [-0.2, 0) is 28.5 Å². The smallest absolute Gasteiger partial charge is 0.306 e. The SMILES string of the molecule is CC/C=C\C/C=C\C/C=C\C/C=C\C/C=C\CCCC(=O)OC(COC(=O)CCCCCCCCCCC/C=C\CCCCCCCCCC)COC1OC(CO)C(O)C(O)C1O. The predicted molar refractivity (Wildman–Crippen MR) is 256 cm³/mol. The van der Waals surface area contributed by atoms with Crippen molar-refractivity contribution >= 4 is 11.9 Å². The van der Waals surface area contributed by atoms with Gasteiger partial charge in [0.05, 0.1) is 13.2 Å². The summed E-state index contributed by atoms with van der Waals surface area (Å²) in [5, 5.41) is 40.2. The zero-order valence-electron chi connectivity index (χ0n) is 39.6. The Morgan fingerprint density at radius 3 is 1.48 bits per heavy atom. The van der Waals surface area contributed by atoms with Crippen molar-refractivity contribution in [3.63, 3.8) is 0 Å². The van der Waals surface area contributed by atoms with Crippen molar-refractivity contribution < 1.29 is 49.0 Å². The number of unbranched alkanes of at least 4 members (excludes halogenated alkanes) is 18. The van der Waals surface area contributed by atoms with E-state index in [2.05, 4.69) is 80.7 Å². The van der Waals surface area contributed by atoms with Gasteiger partial charge in [-0.3, -0.25) is 9.59 Å². The Morgan fingerprint density at radius 1 is 0.508 bits per heavy atom. The number of carbonyl (C=O) groups is 2. The largest absolute Gasteiger partial charge is 0.462 e. The summed E-state index contributed by atoms with van der Waals surface area (Å²) in [7, 11) is 0. The molecule has 0 aliphatic carbocycles. The van der Waals surface area contributed by atoms with Crippen LogP contribution < -0.4 is 0 Å². The molecule has 0 bridgehead atoms. The van der Waals surface area contributed by atoms with Crippen LogP contribution in [-0.4, -0.2) is 89.0 Å². The number of ether oxygens (including phenoxy) is 4. The minimum Gasteiger partial charge on any atom is -0.462 e. The summed E-state index contributed by atoms with van der Waals surface area (Å²) in [6.07, 6.45) is 47.7. The van der Waals surface area contributed by atoms with Gasteiger partial charge in [-0.25, -0.2) is 0 Å². The average Bonchev–Trinajstić information content (AvgIpc) is 3.28. The number of carbonyl (C=O) groups excluding carboxylic acids is 2. The molecule has 0 saturated carbocycles. The van der Waals surface area contributed by atoms with Crippen LogP contribution in [0.15, 0.2) is 72.9 Å². The fraction of sp³-hybridized carbons (Fsp3) is 0.736. The van der Waals surface area contributed by atoms with Gasteiger partial charge in [-0.15, -0.1) is 0 Å². The first-order valence-electron chi connectivity index (χ1n) is 25.0. The van der Waals surface area contributed by atoms with Crippen molar-refractivity contribution in [1.29, 1.82) is 0 Å². The second-order valence-corrected chi connectivity index (χ2v) is 16.9. The van der Waals surface area contributed by atoms with Gasteiger partial charge < -0.3 is 39.4 Å². The minimum absolute atomic E-state index is 0.148. The van der Waals surface area contributed by atoms with Gasteiger partial charge in [0.2, 0.25) is 0 Å². The van der Waals surface area contributed by atoms with Crippen molar-refractivity contribution in [2.75, 3.05) is 19.8 Å². The first-order valence-corrected chi connectivity index (χ1v) is 25.0. The highest BCUT2D eigenvalue weighted by Crippen LogP contribution is 2.22. The number of allylic oxidation sites excluding steroid dienone is 12. The Bertz CT molecular complexity index is 1250. The fourth-order valence-corrected chi connectivity index (χ4v) is 7.16. The Morgan fingerprint density at radius 2 is 0.952 bits per heavy atom. The summed E-state index contributed by atoms with van der Waals surface area (Å²) in [6, 6.07) is 0. The van der Waals surface area contributed by atoms with Crippen LogP contribution >= 0.6 is 0 Å². The highest BCUT2D eigenvalue weighted by molar-refractivity contribution is 5.70. The molecule has 6 atom stereocenters. The summed E-state index contributed by atoms with van der Waals surface area (Å²) >= 11 is 0. The zero-order valence-corrected chi connectivity index (χ0v) is 39.6. The molecule has 0 aromatic rings. The number of aliphatic hydroxyl groups excluding tert-OH is 4. The molecule has 1 aliphatic heterocycles. The fourth-order valence-electron chi connectivity index (χ4n) is 7.16.